The van der Waals surface area contributed by atoms with Gasteiger partial charge in [0.15, 0.2) is 11.5 Å². The van der Waals surface area contributed by atoms with Gasteiger partial charge >= 0.3 is 0 Å². The minimum atomic E-state index is -0.0790. The lowest BCUT2D eigenvalue weighted by molar-refractivity contribution is 0.122. The Kier molecular flexibility index (Phi) is 4.69. The minimum absolute atomic E-state index is 0.0648. The van der Waals surface area contributed by atoms with Crippen molar-refractivity contribution in [2.24, 2.45) is 0 Å². The standard InChI is InChI=1S/C18H22N2O3/c21-16-3-1-2-14(10-16)12-19-6-8-20(9-7-19)13-15-4-5-17(22)18(23)11-15/h1-5,10-11,21-23H,6-9,12-13H2. The Bertz CT molecular complexity index is 667. The second kappa shape index (κ2) is 6.89. The van der Waals surface area contributed by atoms with E-state index in [2.05, 4.69) is 9.80 Å². The summed E-state index contributed by atoms with van der Waals surface area (Å²) >= 11 is 0. The molecule has 1 aliphatic rings. The number of aromatic hydroxyl groups is 3. The molecule has 122 valence electrons. The lowest BCUT2D eigenvalue weighted by Crippen LogP contribution is -2.45. The van der Waals surface area contributed by atoms with Crippen LogP contribution in [-0.4, -0.2) is 51.3 Å². The molecule has 1 heterocycles. The monoisotopic (exact) mass is 314 g/mol. The van der Waals surface area contributed by atoms with E-state index in [1.807, 2.05) is 24.3 Å². The van der Waals surface area contributed by atoms with Gasteiger partial charge in [0, 0.05) is 39.3 Å². The highest BCUT2D eigenvalue weighted by Crippen LogP contribution is 2.25. The van der Waals surface area contributed by atoms with Crippen molar-refractivity contribution in [3.05, 3.63) is 53.6 Å². The Morgan fingerprint density at radius 2 is 1.30 bits per heavy atom. The van der Waals surface area contributed by atoms with Crippen molar-refractivity contribution in [1.82, 2.24) is 9.80 Å². The molecule has 0 atom stereocenters. The molecule has 5 heteroatoms. The zero-order valence-corrected chi connectivity index (χ0v) is 13.0. The molecule has 1 aliphatic heterocycles. The lowest BCUT2D eigenvalue weighted by Gasteiger charge is -2.34. The average molecular weight is 314 g/mol. The maximum absolute atomic E-state index is 9.56. The predicted molar refractivity (Wildman–Crippen MR) is 88.4 cm³/mol. The first-order valence-electron chi connectivity index (χ1n) is 7.83. The van der Waals surface area contributed by atoms with Crippen molar-refractivity contribution in [3.63, 3.8) is 0 Å². The van der Waals surface area contributed by atoms with Crippen LogP contribution in [0.4, 0.5) is 0 Å². The van der Waals surface area contributed by atoms with E-state index in [0.717, 1.165) is 50.4 Å². The summed E-state index contributed by atoms with van der Waals surface area (Å²) in [5.41, 5.74) is 2.13. The molecule has 5 nitrogen and oxygen atoms in total. The summed E-state index contributed by atoms with van der Waals surface area (Å²) in [6.45, 7) is 5.48. The molecule has 3 N–H and O–H groups in total. The van der Waals surface area contributed by atoms with E-state index in [9.17, 15) is 15.3 Å². The van der Waals surface area contributed by atoms with Crippen LogP contribution in [0.15, 0.2) is 42.5 Å². The normalized spacial score (nSPS) is 16.5. The Morgan fingerprint density at radius 1 is 0.696 bits per heavy atom. The van der Waals surface area contributed by atoms with Crippen LogP contribution in [0.25, 0.3) is 0 Å². The third-order valence-corrected chi connectivity index (χ3v) is 4.23. The van der Waals surface area contributed by atoms with Crippen molar-refractivity contribution >= 4 is 0 Å². The maximum atomic E-state index is 9.56. The molecule has 0 aromatic heterocycles. The summed E-state index contributed by atoms with van der Waals surface area (Å²) < 4.78 is 0. The Hall–Kier alpha value is -2.24. The van der Waals surface area contributed by atoms with Crippen LogP contribution in [0, 0.1) is 0 Å². The second-order valence-electron chi connectivity index (χ2n) is 6.05. The average Bonchev–Trinajstić information content (AvgIpc) is 2.53. The van der Waals surface area contributed by atoms with Gasteiger partial charge in [0.25, 0.3) is 0 Å². The number of hydrogen-bond acceptors (Lipinski definition) is 5. The first-order chi connectivity index (χ1) is 11.1. The van der Waals surface area contributed by atoms with Crippen LogP contribution in [0.3, 0.4) is 0 Å². The fourth-order valence-electron chi connectivity index (χ4n) is 2.94. The van der Waals surface area contributed by atoms with E-state index in [1.54, 1.807) is 12.1 Å². The van der Waals surface area contributed by atoms with Gasteiger partial charge in [-0.1, -0.05) is 18.2 Å². The molecular formula is C18H22N2O3. The van der Waals surface area contributed by atoms with Gasteiger partial charge in [-0.2, -0.15) is 0 Å². The molecule has 1 fully saturated rings. The molecule has 0 amide bonds. The van der Waals surface area contributed by atoms with Crippen molar-refractivity contribution in [2.45, 2.75) is 13.1 Å². The van der Waals surface area contributed by atoms with Crippen molar-refractivity contribution in [3.8, 4) is 17.2 Å². The summed E-state index contributed by atoms with van der Waals surface area (Å²) in [4.78, 5) is 4.71. The van der Waals surface area contributed by atoms with E-state index < -0.39 is 0 Å². The van der Waals surface area contributed by atoms with E-state index >= 15 is 0 Å². The van der Waals surface area contributed by atoms with Crippen molar-refractivity contribution < 1.29 is 15.3 Å². The van der Waals surface area contributed by atoms with Gasteiger partial charge in [-0.15, -0.1) is 0 Å². The highest BCUT2D eigenvalue weighted by atomic mass is 16.3. The Balaban J connectivity index is 1.51. The topological polar surface area (TPSA) is 67.2 Å². The number of piperazine rings is 1. The smallest absolute Gasteiger partial charge is 0.157 e. The molecule has 3 rings (SSSR count). The molecule has 23 heavy (non-hydrogen) atoms. The van der Waals surface area contributed by atoms with Crippen LogP contribution >= 0.6 is 0 Å². The van der Waals surface area contributed by atoms with Crippen LogP contribution < -0.4 is 0 Å². The molecule has 0 radical (unpaired) electrons. The summed E-state index contributed by atoms with van der Waals surface area (Å²) in [6.07, 6.45) is 0. The summed E-state index contributed by atoms with van der Waals surface area (Å²) in [5.74, 6) is 0.169. The zero-order valence-electron chi connectivity index (χ0n) is 13.0. The summed E-state index contributed by atoms with van der Waals surface area (Å²) in [7, 11) is 0. The summed E-state index contributed by atoms with van der Waals surface area (Å²) in [5, 5.41) is 28.4. The Labute approximate surface area is 136 Å². The maximum Gasteiger partial charge on any atom is 0.157 e. The van der Waals surface area contributed by atoms with Gasteiger partial charge in [0.05, 0.1) is 0 Å². The Morgan fingerprint density at radius 3 is 1.87 bits per heavy atom. The van der Waals surface area contributed by atoms with Crippen LogP contribution in [0.1, 0.15) is 11.1 Å². The molecule has 2 aromatic carbocycles. The fourth-order valence-corrected chi connectivity index (χ4v) is 2.94. The van der Waals surface area contributed by atoms with Crippen molar-refractivity contribution in [2.75, 3.05) is 26.2 Å². The fraction of sp³-hybridized carbons (Fsp3) is 0.333. The SMILES string of the molecule is Oc1cccc(CN2CCN(Cc3ccc(O)c(O)c3)CC2)c1. The quantitative estimate of drug-likeness (QED) is 0.754. The molecule has 0 saturated carbocycles. The van der Waals surface area contributed by atoms with Crippen LogP contribution in [-0.2, 0) is 13.1 Å². The van der Waals surface area contributed by atoms with E-state index in [4.69, 9.17) is 0 Å². The zero-order chi connectivity index (χ0) is 16.2. The van der Waals surface area contributed by atoms with Crippen LogP contribution in [0.5, 0.6) is 17.2 Å². The van der Waals surface area contributed by atoms with Crippen molar-refractivity contribution in [1.29, 1.82) is 0 Å². The largest absolute Gasteiger partial charge is 0.508 e. The third-order valence-electron chi connectivity index (χ3n) is 4.23. The third kappa shape index (κ3) is 4.15. The second-order valence-corrected chi connectivity index (χ2v) is 6.05. The van der Waals surface area contributed by atoms with Gasteiger partial charge in [-0.25, -0.2) is 0 Å². The molecule has 0 aliphatic carbocycles. The molecule has 0 spiro atoms. The van der Waals surface area contributed by atoms with Crippen LogP contribution in [0.2, 0.25) is 0 Å². The van der Waals surface area contributed by atoms with E-state index in [0.29, 0.717) is 5.75 Å². The van der Waals surface area contributed by atoms with Gasteiger partial charge in [-0.05, 0) is 35.4 Å². The number of hydrogen-bond donors (Lipinski definition) is 3. The number of phenolic OH excluding ortho intramolecular Hbond substituents is 3. The first-order valence-corrected chi connectivity index (χ1v) is 7.83. The summed E-state index contributed by atoms with van der Waals surface area (Å²) in [6, 6.07) is 12.4. The van der Waals surface area contributed by atoms with E-state index in [1.165, 1.54) is 6.07 Å². The molecule has 2 aromatic rings. The lowest BCUT2D eigenvalue weighted by atomic mass is 10.1. The van der Waals surface area contributed by atoms with E-state index in [-0.39, 0.29) is 11.5 Å². The first kappa shape index (κ1) is 15.6. The van der Waals surface area contributed by atoms with Gasteiger partial charge in [0.1, 0.15) is 5.75 Å². The van der Waals surface area contributed by atoms with Gasteiger partial charge in [0.2, 0.25) is 0 Å². The molecule has 1 saturated heterocycles. The van der Waals surface area contributed by atoms with Gasteiger partial charge < -0.3 is 15.3 Å². The van der Waals surface area contributed by atoms with Gasteiger partial charge in [-0.3, -0.25) is 9.80 Å². The highest BCUT2D eigenvalue weighted by molar-refractivity contribution is 5.40. The predicted octanol–water partition coefficient (Wildman–Crippen LogP) is 2.12. The number of phenols is 3. The minimum Gasteiger partial charge on any atom is -0.508 e. The molecule has 0 unspecified atom stereocenters. The molecule has 0 bridgehead atoms. The number of benzene rings is 2. The number of nitrogens with zero attached hydrogens (tertiary/aromatic N) is 2. The number of rotatable bonds is 4. The highest BCUT2D eigenvalue weighted by Gasteiger charge is 2.17. The molecular weight excluding hydrogens is 292 g/mol.